The molecule has 0 aromatic heterocycles. The maximum Gasteiger partial charge on any atom is 0.294 e. The van der Waals surface area contributed by atoms with Gasteiger partial charge in [0.1, 0.15) is 0 Å². The van der Waals surface area contributed by atoms with E-state index < -0.39 is 40.5 Å². The summed E-state index contributed by atoms with van der Waals surface area (Å²) >= 11 is 0. The molecule has 64 heavy (non-hydrogen) atoms. The lowest BCUT2D eigenvalue weighted by Gasteiger charge is -2.38. The first-order valence-corrected chi connectivity index (χ1v) is 26.7. The van der Waals surface area contributed by atoms with E-state index in [1.165, 1.54) is 48.5 Å². The first-order valence-electron chi connectivity index (χ1n) is 20.9. The van der Waals surface area contributed by atoms with Crippen LogP contribution in [0.4, 0.5) is 0 Å². The van der Waals surface area contributed by atoms with E-state index in [1.54, 1.807) is 48.5 Å². The maximum atomic E-state index is 12.1. The van der Waals surface area contributed by atoms with Crippen molar-refractivity contribution >= 4 is 40.5 Å². The summed E-state index contributed by atoms with van der Waals surface area (Å²) in [5.41, 5.74) is 3.27. The van der Waals surface area contributed by atoms with Crippen LogP contribution in [0.15, 0.2) is 141 Å². The number of benzene rings is 4. The van der Waals surface area contributed by atoms with Gasteiger partial charge in [-0.1, -0.05) is 72.8 Å². The lowest BCUT2D eigenvalue weighted by atomic mass is 9.83. The third-order valence-electron chi connectivity index (χ3n) is 13.8. The molecule has 4 aromatic rings. The third-order valence-corrected chi connectivity index (χ3v) is 17.3. The zero-order chi connectivity index (χ0) is 45.3. The Balaban J connectivity index is 1.16. The zero-order valence-corrected chi connectivity index (χ0v) is 37.3. The fourth-order valence-corrected chi connectivity index (χ4v) is 12.9. The number of nitrogens with one attached hydrogen (secondary N) is 4. The van der Waals surface area contributed by atoms with E-state index in [2.05, 4.69) is 45.6 Å². The molecule has 12 unspecified atom stereocenters. The molecule has 5 aliphatic heterocycles. The van der Waals surface area contributed by atoms with E-state index in [-0.39, 0.29) is 91.6 Å². The Kier molecular flexibility index (Phi) is 11.9. The van der Waals surface area contributed by atoms with Crippen LogP contribution in [-0.4, -0.2) is 100 Å². The van der Waals surface area contributed by atoms with E-state index in [0.29, 0.717) is 25.7 Å². The minimum Gasteiger partial charge on any atom is -0.310 e. The van der Waals surface area contributed by atoms with E-state index in [1.807, 2.05) is 0 Å². The lowest BCUT2D eigenvalue weighted by Crippen LogP contribution is -2.52. The highest BCUT2D eigenvalue weighted by atomic mass is 32.2. The zero-order valence-electron chi connectivity index (χ0n) is 34.0. The Morgan fingerprint density at radius 1 is 0.312 bits per heavy atom. The minimum absolute atomic E-state index is 0.174. The lowest BCUT2D eigenvalue weighted by molar-refractivity contribution is 0.317. The monoisotopic (exact) mass is 952 g/mol. The molecule has 5 aliphatic rings. The topological polar surface area (TPSA) is 266 Å². The molecule has 20 heteroatoms. The second-order valence-electron chi connectivity index (χ2n) is 17.4. The first kappa shape index (κ1) is 45.0. The summed E-state index contributed by atoms with van der Waals surface area (Å²) < 4.78 is 136. The molecule has 3 fully saturated rings. The molecule has 5 heterocycles. The van der Waals surface area contributed by atoms with Crippen molar-refractivity contribution in [3.8, 4) is 0 Å². The van der Waals surface area contributed by atoms with Crippen LogP contribution in [0, 0.1) is 0 Å². The van der Waals surface area contributed by atoms with Crippen LogP contribution in [0.3, 0.4) is 0 Å². The van der Waals surface area contributed by atoms with Crippen molar-refractivity contribution in [2.45, 2.75) is 117 Å². The SMILES string of the molecule is O=S(=O)(O)c1ccc(C2C3C=CC(N3)C(c3ccc(S(=O)(=O)O)cc3)C3CCC(N3)C(c3ccc(S(=O)(=O)O)cc3)C3C=CC(N3)C(c3ccc(S(=O)(=O)O)cc3)C3CCC2N3)cc1. The molecule has 8 bridgehead atoms. The molecule has 16 nitrogen and oxygen atoms in total. The molecule has 0 radical (unpaired) electrons. The van der Waals surface area contributed by atoms with Crippen molar-refractivity contribution in [3.63, 3.8) is 0 Å². The van der Waals surface area contributed by atoms with Gasteiger partial charge in [0.25, 0.3) is 40.5 Å². The van der Waals surface area contributed by atoms with Gasteiger partial charge in [-0.05, 0) is 96.5 Å². The van der Waals surface area contributed by atoms with Gasteiger partial charge >= 0.3 is 0 Å². The van der Waals surface area contributed by atoms with Gasteiger partial charge in [0.05, 0.1) is 19.6 Å². The van der Waals surface area contributed by atoms with Crippen LogP contribution in [0.25, 0.3) is 0 Å². The van der Waals surface area contributed by atoms with Crippen molar-refractivity contribution in [1.29, 1.82) is 0 Å². The van der Waals surface area contributed by atoms with Crippen molar-refractivity contribution in [2.24, 2.45) is 0 Å². The maximum absolute atomic E-state index is 12.1. The van der Waals surface area contributed by atoms with E-state index >= 15 is 0 Å². The summed E-state index contributed by atoms with van der Waals surface area (Å²) in [5, 5.41) is 15.6. The van der Waals surface area contributed by atoms with Crippen LogP contribution in [0.2, 0.25) is 0 Å². The van der Waals surface area contributed by atoms with Crippen LogP contribution < -0.4 is 21.3 Å². The minimum atomic E-state index is -4.47. The van der Waals surface area contributed by atoms with Gasteiger partial charge in [0.2, 0.25) is 0 Å². The van der Waals surface area contributed by atoms with E-state index in [9.17, 15) is 51.9 Å². The summed E-state index contributed by atoms with van der Waals surface area (Å²) in [4.78, 5) is -0.946. The molecule has 0 aliphatic carbocycles. The smallest absolute Gasteiger partial charge is 0.294 e. The van der Waals surface area contributed by atoms with Crippen LogP contribution in [0.5, 0.6) is 0 Å². The quantitative estimate of drug-likeness (QED) is 0.0911. The highest BCUT2D eigenvalue weighted by molar-refractivity contribution is 7.86. The first-order chi connectivity index (χ1) is 30.2. The molecule has 340 valence electrons. The van der Waals surface area contributed by atoms with E-state index in [4.69, 9.17) is 0 Å². The Morgan fingerprint density at radius 2 is 0.500 bits per heavy atom. The van der Waals surface area contributed by atoms with Gasteiger partial charge in [-0.15, -0.1) is 0 Å². The van der Waals surface area contributed by atoms with Gasteiger partial charge < -0.3 is 21.3 Å². The van der Waals surface area contributed by atoms with E-state index in [0.717, 1.165) is 22.3 Å². The number of rotatable bonds is 8. The second kappa shape index (κ2) is 16.9. The summed E-state index contributed by atoms with van der Waals surface area (Å²) in [5.74, 6) is -1.06. The highest BCUT2D eigenvalue weighted by Crippen LogP contribution is 2.44. The molecule has 0 saturated carbocycles. The predicted molar refractivity (Wildman–Crippen MR) is 236 cm³/mol. The standard InChI is InChI=1S/C44H48N4O12S4/c49-61(50,51)29-9-1-25(2-10-29)41-33-17-19-35(45-33)42(26-3-11-30(12-4-26)62(52,53)54)37-21-23-39(47-37)44(28-7-15-32(16-8-28)64(58,59)60)40-24-22-38(48-40)43(36-20-18-34(41)46-36)27-5-13-31(14-6-27)63(55,56)57/h1-17,19,22,24,33-48H,18,20-21,23H2,(H,49,50,51)(H,52,53,54)(H,55,56,57)(H,58,59,60). The Morgan fingerprint density at radius 3 is 0.672 bits per heavy atom. The van der Waals surface area contributed by atoms with Crippen LogP contribution in [0.1, 0.15) is 71.6 Å². The molecule has 4 aromatic carbocycles. The summed E-state index contributed by atoms with van der Waals surface area (Å²) in [7, 11) is -17.9. The second-order valence-corrected chi connectivity index (χ2v) is 23.1. The average molecular weight is 953 g/mol. The fraction of sp³-hybridized carbons (Fsp3) is 0.364. The Labute approximate surface area is 372 Å². The molecular weight excluding hydrogens is 905 g/mol. The normalized spacial score (nSPS) is 31.9. The number of hydrogen-bond donors (Lipinski definition) is 8. The van der Waals surface area contributed by atoms with Crippen molar-refractivity contribution < 1.29 is 51.9 Å². The average Bonchev–Trinajstić information content (AvgIpc) is 4.08. The molecule has 0 spiro atoms. The van der Waals surface area contributed by atoms with Crippen LogP contribution >= 0.6 is 0 Å². The van der Waals surface area contributed by atoms with Crippen molar-refractivity contribution in [1.82, 2.24) is 21.3 Å². The Bertz CT molecular complexity index is 2520. The molecule has 12 atom stereocenters. The van der Waals surface area contributed by atoms with Crippen molar-refractivity contribution in [3.05, 3.63) is 144 Å². The molecule has 0 amide bonds. The summed E-state index contributed by atoms with van der Waals surface area (Å²) in [6.45, 7) is 0. The van der Waals surface area contributed by atoms with Crippen LogP contribution in [-0.2, 0) is 40.5 Å². The van der Waals surface area contributed by atoms with Gasteiger partial charge in [-0.25, -0.2) is 0 Å². The largest absolute Gasteiger partial charge is 0.310 e. The molecule has 8 N–H and O–H groups in total. The van der Waals surface area contributed by atoms with Gasteiger partial charge in [0.15, 0.2) is 0 Å². The molecule has 3 saturated heterocycles. The van der Waals surface area contributed by atoms with Gasteiger partial charge in [-0.3, -0.25) is 18.2 Å². The Hall–Kier alpha value is -4.16. The van der Waals surface area contributed by atoms with Crippen molar-refractivity contribution in [2.75, 3.05) is 0 Å². The fourth-order valence-electron chi connectivity index (χ4n) is 11.0. The summed E-state index contributed by atoms with van der Waals surface area (Å²) in [6, 6.07) is 22.8. The number of hydrogen-bond acceptors (Lipinski definition) is 12. The summed E-state index contributed by atoms with van der Waals surface area (Å²) in [6.07, 6.45) is 11.2. The van der Waals surface area contributed by atoms with Gasteiger partial charge in [-0.2, -0.15) is 33.7 Å². The van der Waals surface area contributed by atoms with Gasteiger partial charge in [0, 0.05) is 72.0 Å². The predicted octanol–water partition coefficient (Wildman–Crippen LogP) is 4.16. The molecular formula is C44H48N4O12S4. The third kappa shape index (κ3) is 9.03. The molecule has 9 rings (SSSR count). The number of fused-ring (bicyclic) bond motifs is 8. The highest BCUT2D eigenvalue weighted by Gasteiger charge is 2.47.